The Morgan fingerprint density at radius 3 is 2.68 bits per heavy atom. The molecule has 1 saturated heterocycles. The molecular weight excluding hydrogens is 239 g/mol. The summed E-state index contributed by atoms with van der Waals surface area (Å²) < 4.78 is 19.8. The van der Waals surface area contributed by atoms with Crippen LogP contribution in [0.25, 0.3) is 0 Å². The van der Waals surface area contributed by atoms with Crippen molar-refractivity contribution >= 4 is 0 Å². The minimum atomic E-state index is -1.45. The molecule has 1 aromatic rings. The number of halogens is 1. The molecule has 1 heterocycles. The van der Waals surface area contributed by atoms with Gasteiger partial charge in [-0.1, -0.05) is 49.8 Å². The van der Waals surface area contributed by atoms with E-state index < -0.39 is 5.67 Å². The number of alkyl halides is 1. The summed E-state index contributed by atoms with van der Waals surface area (Å²) in [5.41, 5.74) is 0.471. The molecule has 0 N–H and O–H groups in total. The Hall–Kier alpha value is -1.15. The van der Waals surface area contributed by atoms with E-state index in [-0.39, 0.29) is 0 Å². The summed E-state index contributed by atoms with van der Waals surface area (Å²) >= 11 is 0. The van der Waals surface area contributed by atoms with Crippen molar-refractivity contribution in [3.8, 4) is 0 Å². The average molecular weight is 262 g/mol. The molecule has 1 aliphatic heterocycles. The molecule has 1 fully saturated rings. The van der Waals surface area contributed by atoms with Crippen molar-refractivity contribution < 1.29 is 9.13 Å². The van der Waals surface area contributed by atoms with Crippen molar-refractivity contribution in [1.82, 2.24) is 0 Å². The smallest absolute Gasteiger partial charge is 0.151 e. The van der Waals surface area contributed by atoms with Crippen LogP contribution in [0.5, 0.6) is 0 Å². The number of hydrogen-bond donors (Lipinski definition) is 0. The van der Waals surface area contributed by atoms with E-state index in [1.165, 1.54) is 37.8 Å². The summed E-state index contributed by atoms with van der Waals surface area (Å²) in [6.07, 6.45) is 6.18. The monoisotopic (exact) mass is 262 g/mol. The summed E-state index contributed by atoms with van der Waals surface area (Å²) in [5.74, 6) is 0.448. The lowest BCUT2D eigenvalue weighted by molar-refractivity contribution is 0.103. The van der Waals surface area contributed by atoms with Gasteiger partial charge in [-0.25, -0.2) is 4.39 Å². The highest BCUT2D eigenvalue weighted by atomic mass is 19.1. The lowest BCUT2D eigenvalue weighted by Crippen LogP contribution is -2.13. The minimum absolute atomic E-state index is 0.448. The van der Waals surface area contributed by atoms with Crippen molar-refractivity contribution in [2.45, 2.75) is 44.2 Å². The summed E-state index contributed by atoms with van der Waals surface area (Å²) in [7, 11) is 0. The first-order chi connectivity index (χ1) is 9.13. The Morgan fingerprint density at radius 1 is 1.26 bits per heavy atom. The summed E-state index contributed by atoms with van der Waals surface area (Å²) in [6, 6.07) is 7.81. The van der Waals surface area contributed by atoms with E-state index >= 15 is 0 Å². The normalized spacial score (nSPS) is 24.0. The van der Waals surface area contributed by atoms with E-state index in [1.807, 2.05) is 24.3 Å². The predicted molar refractivity (Wildman–Crippen MR) is 77.1 cm³/mol. The molecule has 0 radical (unpaired) electrons. The van der Waals surface area contributed by atoms with Gasteiger partial charge in [-0.3, -0.25) is 0 Å². The first kappa shape index (κ1) is 14.3. The Balaban J connectivity index is 2.10. The summed E-state index contributed by atoms with van der Waals surface area (Å²) in [4.78, 5) is 0. The van der Waals surface area contributed by atoms with Gasteiger partial charge in [-0.2, -0.15) is 0 Å². The zero-order chi connectivity index (χ0) is 13.7. The molecule has 0 saturated carbocycles. The zero-order valence-corrected chi connectivity index (χ0v) is 11.7. The van der Waals surface area contributed by atoms with Gasteiger partial charge in [0.2, 0.25) is 0 Å². The molecule has 2 heteroatoms. The van der Waals surface area contributed by atoms with E-state index in [1.54, 1.807) is 0 Å². The van der Waals surface area contributed by atoms with Gasteiger partial charge in [0.1, 0.15) is 0 Å². The SMILES string of the molecule is C=C[C@@](C)(F)c1ccc(C2CCCCCOC2)cc1. The van der Waals surface area contributed by atoms with E-state index in [4.69, 9.17) is 4.74 Å². The molecule has 1 unspecified atom stereocenters. The van der Waals surface area contributed by atoms with Gasteiger partial charge in [-0.15, -0.1) is 0 Å². The van der Waals surface area contributed by atoms with E-state index in [0.29, 0.717) is 11.5 Å². The van der Waals surface area contributed by atoms with Crippen molar-refractivity contribution in [3.05, 3.63) is 48.0 Å². The van der Waals surface area contributed by atoms with Crippen LogP contribution in [0.15, 0.2) is 36.9 Å². The fourth-order valence-corrected chi connectivity index (χ4v) is 2.54. The van der Waals surface area contributed by atoms with Crippen molar-refractivity contribution in [2.24, 2.45) is 0 Å². The minimum Gasteiger partial charge on any atom is -0.381 e. The summed E-state index contributed by atoms with van der Waals surface area (Å²) in [6.45, 7) is 6.74. The predicted octanol–water partition coefficient (Wildman–Crippen LogP) is 4.73. The van der Waals surface area contributed by atoms with Crippen LogP contribution in [-0.4, -0.2) is 13.2 Å². The van der Waals surface area contributed by atoms with Crippen LogP contribution < -0.4 is 0 Å². The van der Waals surface area contributed by atoms with Crippen LogP contribution in [0.3, 0.4) is 0 Å². The maximum Gasteiger partial charge on any atom is 0.151 e. The van der Waals surface area contributed by atoms with Gasteiger partial charge in [0.25, 0.3) is 0 Å². The molecule has 0 aromatic heterocycles. The van der Waals surface area contributed by atoms with Gasteiger partial charge in [0.05, 0.1) is 6.61 Å². The Bertz CT molecular complexity index is 400. The lowest BCUT2D eigenvalue weighted by atomic mass is 9.90. The van der Waals surface area contributed by atoms with Gasteiger partial charge in [-0.05, 0) is 30.9 Å². The third-order valence-electron chi connectivity index (χ3n) is 3.99. The van der Waals surface area contributed by atoms with E-state index in [9.17, 15) is 4.39 Å². The van der Waals surface area contributed by atoms with Crippen LogP contribution in [0.2, 0.25) is 0 Å². The Morgan fingerprint density at radius 2 is 2.00 bits per heavy atom. The summed E-state index contributed by atoms with van der Waals surface area (Å²) in [5, 5.41) is 0. The molecule has 104 valence electrons. The second-order valence-corrected chi connectivity index (χ2v) is 5.52. The third-order valence-corrected chi connectivity index (χ3v) is 3.99. The van der Waals surface area contributed by atoms with Gasteiger partial charge < -0.3 is 4.74 Å². The fraction of sp³-hybridized carbons (Fsp3) is 0.529. The van der Waals surface area contributed by atoms with Crippen LogP contribution in [0.4, 0.5) is 4.39 Å². The fourth-order valence-electron chi connectivity index (χ4n) is 2.54. The largest absolute Gasteiger partial charge is 0.381 e. The lowest BCUT2D eigenvalue weighted by Gasteiger charge is -2.22. The number of benzene rings is 1. The van der Waals surface area contributed by atoms with Crippen molar-refractivity contribution in [3.63, 3.8) is 0 Å². The molecular formula is C17H23FO. The average Bonchev–Trinajstić information content (AvgIpc) is 2.39. The van der Waals surface area contributed by atoms with Gasteiger partial charge in [0.15, 0.2) is 5.67 Å². The second-order valence-electron chi connectivity index (χ2n) is 5.52. The first-order valence-corrected chi connectivity index (χ1v) is 7.14. The Labute approximate surface area is 115 Å². The highest BCUT2D eigenvalue weighted by Gasteiger charge is 2.22. The molecule has 19 heavy (non-hydrogen) atoms. The molecule has 1 aromatic carbocycles. The van der Waals surface area contributed by atoms with E-state index in [2.05, 4.69) is 6.58 Å². The standard InChI is InChI=1S/C17H23FO/c1-3-17(2,18)16-10-8-14(9-11-16)15-7-5-4-6-12-19-13-15/h3,8-11,15H,1,4-7,12-13H2,2H3/t15?,17-/m1/s1. The Kier molecular flexibility index (Phi) is 4.76. The van der Waals surface area contributed by atoms with Gasteiger partial charge >= 0.3 is 0 Å². The second kappa shape index (κ2) is 6.33. The molecule has 1 aliphatic rings. The number of hydrogen-bond acceptors (Lipinski definition) is 1. The van der Waals surface area contributed by atoms with Crippen molar-refractivity contribution in [2.75, 3.05) is 13.2 Å². The van der Waals surface area contributed by atoms with Crippen LogP contribution >= 0.6 is 0 Å². The number of allylic oxidation sites excluding steroid dienone is 1. The zero-order valence-electron chi connectivity index (χ0n) is 11.7. The third kappa shape index (κ3) is 3.66. The molecule has 2 atom stereocenters. The van der Waals surface area contributed by atoms with Crippen molar-refractivity contribution in [1.29, 1.82) is 0 Å². The molecule has 0 bridgehead atoms. The highest BCUT2D eigenvalue weighted by molar-refractivity contribution is 5.31. The van der Waals surface area contributed by atoms with Gasteiger partial charge in [0, 0.05) is 12.5 Å². The van der Waals surface area contributed by atoms with E-state index in [0.717, 1.165) is 19.6 Å². The first-order valence-electron chi connectivity index (χ1n) is 7.14. The quantitative estimate of drug-likeness (QED) is 0.715. The number of rotatable bonds is 3. The molecule has 1 nitrogen and oxygen atoms in total. The molecule has 2 rings (SSSR count). The highest BCUT2D eigenvalue weighted by Crippen LogP contribution is 2.30. The molecule has 0 amide bonds. The topological polar surface area (TPSA) is 9.23 Å². The van der Waals surface area contributed by atoms with Crippen LogP contribution in [0, 0.1) is 0 Å². The molecule has 0 spiro atoms. The van der Waals surface area contributed by atoms with Crippen LogP contribution in [-0.2, 0) is 10.4 Å². The molecule has 0 aliphatic carbocycles. The van der Waals surface area contributed by atoms with Crippen LogP contribution in [0.1, 0.15) is 49.7 Å². The maximum atomic E-state index is 14.1. The maximum absolute atomic E-state index is 14.1. The number of ether oxygens (including phenoxy) is 1.